The number of aromatic nitrogens is 2. The predicted octanol–water partition coefficient (Wildman–Crippen LogP) is 3.20. The second-order valence-corrected chi connectivity index (χ2v) is 9.34. The summed E-state index contributed by atoms with van der Waals surface area (Å²) in [6, 6.07) is 5.45. The zero-order valence-corrected chi connectivity index (χ0v) is 20.1. The zero-order chi connectivity index (χ0) is 23.4. The standard InChI is InChI=1S/C24H30N4O4S/c1-16(19-5-4-17(2)32-19)6-9-27-10-7-18-23(24(30)26-15-21-25-8-13-33-21)20(31-3)14-22(29)28(18)12-11-27/h4-5,8,13-14,16H,6-7,9-12,15H2,1-3H3,(H,26,30)/t16-/m1/s1. The molecule has 4 heterocycles. The molecule has 9 heteroatoms. The first kappa shape index (κ1) is 23.3. The molecule has 0 radical (unpaired) electrons. The lowest BCUT2D eigenvalue weighted by atomic mass is 10.0. The first-order valence-corrected chi connectivity index (χ1v) is 12.1. The van der Waals surface area contributed by atoms with Crippen LogP contribution < -0.4 is 15.6 Å². The van der Waals surface area contributed by atoms with Crippen LogP contribution in [-0.2, 0) is 19.5 Å². The number of carbonyl (C=O) groups excluding carboxylic acids is 1. The van der Waals surface area contributed by atoms with E-state index in [1.165, 1.54) is 24.5 Å². The molecule has 1 amide bonds. The number of hydrogen-bond donors (Lipinski definition) is 1. The summed E-state index contributed by atoms with van der Waals surface area (Å²) < 4.78 is 12.9. The van der Waals surface area contributed by atoms with Crippen LogP contribution in [0.15, 0.2) is 39.0 Å². The van der Waals surface area contributed by atoms with Crippen LogP contribution in [0, 0.1) is 6.92 Å². The minimum Gasteiger partial charge on any atom is -0.496 e. The molecule has 0 aromatic carbocycles. The third-order valence-corrected chi connectivity index (χ3v) is 6.92. The number of amides is 1. The lowest BCUT2D eigenvalue weighted by molar-refractivity contribution is 0.0945. The van der Waals surface area contributed by atoms with Crippen molar-refractivity contribution in [2.75, 3.05) is 26.7 Å². The predicted molar refractivity (Wildman–Crippen MR) is 127 cm³/mol. The van der Waals surface area contributed by atoms with Crippen molar-refractivity contribution < 1.29 is 13.9 Å². The van der Waals surface area contributed by atoms with Gasteiger partial charge in [-0.05, 0) is 32.0 Å². The summed E-state index contributed by atoms with van der Waals surface area (Å²) in [5.74, 6) is 2.32. The maximum Gasteiger partial charge on any atom is 0.257 e. The second kappa shape index (κ2) is 10.4. The van der Waals surface area contributed by atoms with Gasteiger partial charge in [0.2, 0.25) is 0 Å². The van der Waals surface area contributed by atoms with Gasteiger partial charge in [0, 0.05) is 55.3 Å². The molecule has 1 aliphatic rings. The fraction of sp³-hybridized carbons (Fsp3) is 0.458. The summed E-state index contributed by atoms with van der Waals surface area (Å²) in [6.45, 7) is 7.43. The Morgan fingerprint density at radius 2 is 2.18 bits per heavy atom. The number of ether oxygens (including phenoxy) is 1. The van der Waals surface area contributed by atoms with E-state index in [2.05, 4.69) is 22.1 Å². The molecular formula is C24H30N4O4S. The topological polar surface area (TPSA) is 89.6 Å². The maximum atomic E-state index is 13.1. The molecular weight excluding hydrogens is 440 g/mol. The second-order valence-electron chi connectivity index (χ2n) is 8.36. The number of hydrogen-bond acceptors (Lipinski definition) is 7. The number of carbonyl (C=O) groups is 1. The van der Waals surface area contributed by atoms with Gasteiger partial charge in [0.05, 0.1) is 13.7 Å². The molecule has 0 unspecified atom stereocenters. The largest absolute Gasteiger partial charge is 0.496 e. The quantitative estimate of drug-likeness (QED) is 0.544. The van der Waals surface area contributed by atoms with E-state index in [9.17, 15) is 9.59 Å². The molecule has 176 valence electrons. The Balaban J connectivity index is 1.48. The SMILES string of the molecule is COc1cc(=O)n2c(c1C(=O)NCc1nccs1)CCN(CC[C@@H](C)c1ccc(C)o1)CC2. The molecule has 0 fully saturated rings. The van der Waals surface area contributed by atoms with Crippen molar-refractivity contribution in [1.29, 1.82) is 0 Å². The van der Waals surface area contributed by atoms with Crippen LogP contribution in [0.2, 0.25) is 0 Å². The molecule has 4 rings (SSSR count). The van der Waals surface area contributed by atoms with Gasteiger partial charge in [-0.2, -0.15) is 0 Å². The summed E-state index contributed by atoms with van der Waals surface area (Å²) in [5.41, 5.74) is 1.03. The third kappa shape index (κ3) is 5.36. The van der Waals surface area contributed by atoms with Crippen LogP contribution >= 0.6 is 11.3 Å². The van der Waals surface area contributed by atoms with Crippen LogP contribution in [0.4, 0.5) is 0 Å². The van der Waals surface area contributed by atoms with Gasteiger partial charge in [-0.1, -0.05) is 6.92 Å². The van der Waals surface area contributed by atoms with E-state index in [1.54, 1.807) is 10.8 Å². The van der Waals surface area contributed by atoms with Gasteiger partial charge >= 0.3 is 0 Å². The van der Waals surface area contributed by atoms with Crippen LogP contribution in [0.3, 0.4) is 0 Å². The van der Waals surface area contributed by atoms with Gasteiger partial charge in [-0.15, -0.1) is 11.3 Å². The number of pyridine rings is 1. The summed E-state index contributed by atoms with van der Waals surface area (Å²) in [4.78, 5) is 32.5. The molecule has 3 aromatic rings. The van der Waals surface area contributed by atoms with E-state index in [0.717, 1.165) is 48.3 Å². The highest BCUT2D eigenvalue weighted by molar-refractivity contribution is 7.09. The number of nitrogens with zero attached hydrogens (tertiary/aromatic N) is 3. The average molecular weight is 471 g/mol. The molecule has 0 aliphatic carbocycles. The van der Waals surface area contributed by atoms with Gasteiger partial charge in [0.15, 0.2) is 0 Å². The molecule has 8 nitrogen and oxygen atoms in total. The van der Waals surface area contributed by atoms with Gasteiger partial charge in [-0.25, -0.2) is 4.98 Å². The number of methoxy groups -OCH3 is 1. The first-order valence-electron chi connectivity index (χ1n) is 11.2. The summed E-state index contributed by atoms with van der Waals surface area (Å²) in [5, 5.41) is 5.63. The van der Waals surface area contributed by atoms with Crippen molar-refractivity contribution >= 4 is 17.2 Å². The highest BCUT2D eigenvalue weighted by atomic mass is 32.1. The average Bonchev–Trinajstić information content (AvgIpc) is 3.44. The van der Waals surface area contributed by atoms with Crippen LogP contribution in [0.5, 0.6) is 5.75 Å². The summed E-state index contributed by atoms with van der Waals surface area (Å²) in [7, 11) is 1.49. The Labute approximate surface area is 197 Å². The van der Waals surface area contributed by atoms with Crippen molar-refractivity contribution in [2.24, 2.45) is 0 Å². The number of aryl methyl sites for hydroxylation is 1. The monoisotopic (exact) mass is 470 g/mol. The fourth-order valence-corrected chi connectivity index (χ4v) is 4.80. The van der Waals surface area contributed by atoms with Gasteiger partial charge in [0.25, 0.3) is 11.5 Å². The minimum atomic E-state index is -0.249. The highest BCUT2D eigenvalue weighted by Gasteiger charge is 2.25. The third-order valence-electron chi connectivity index (χ3n) is 6.14. The number of furan rings is 1. The van der Waals surface area contributed by atoms with Crippen LogP contribution in [0.1, 0.15) is 51.8 Å². The van der Waals surface area contributed by atoms with E-state index >= 15 is 0 Å². The van der Waals surface area contributed by atoms with E-state index in [1.807, 2.05) is 24.4 Å². The highest BCUT2D eigenvalue weighted by Crippen LogP contribution is 2.25. The van der Waals surface area contributed by atoms with Crippen molar-refractivity contribution in [2.45, 2.75) is 45.7 Å². The van der Waals surface area contributed by atoms with E-state index < -0.39 is 0 Å². The molecule has 1 atom stereocenters. The molecule has 33 heavy (non-hydrogen) atoms. The first-order chi connectivity index (χ1) is 16.0. The summed E-state index contributed by atoms with van der Waals surface area (Å²) >= 11 is 1.49. The Bertz CT molecular complexity index is 1150. The van der Waals surface area contributed by atoms with Gasteiger partial charge in [-0.3, -0.25) is 9.59 Å². The number of fused-ring (bicyclic) bond motifs is 1. The van der Waals surface area contributed by atoms with Crippen LogP contribution in [-0.4, -0.2) is 47.1 Å². The Morgan fingerprint density at radius 3 is 2.88 bits per heavy atom. The number of nitrogens with one attached hydrogen (secondary N) is 1. The maximum absolute atomic E-state index is 13.1. The number of thiazole rings is 1. The summed E-state index contributed by atoms with van der Waals surface area (Å²) in [6.07, 6.45) is 3.27. The van der Waals surface area contributed by atoms with Gasteiger partial charge < -0.3 is 23.9 Å². The Hall–Kier alpha value is -2.91. The van der Waals surface area contributed by atoms with Crippen molar-refractivity contribution in [3.63, 3.8) is 0 Å². The minimum absolute atomic E-state index is 0.139. The van der Waals surface area contributed by atoms with Crippen molar-refractivity contribution in [3.05, 3.63) is 67.9 Å². The molecule has 0 saturated carbocycles. The molecule has 1 N–H and O–H groups in total. The van der Waals surface area contributed by atoms with E-state index in [0.29, 0.717) is 36.7 Å². The van der Waals surface area contributed by atoms with E-state index in [4.69, 9.17) is 9.15 Å². The fourth-order valence-electron chi connectivity index (χ4n) is 4.24. The smallest absolute Gasteiger partial charge is 0.257 e. The Kier molecular flexibility index (Phi) is 7.29. The van der Waals surface area contributed by atoms with Gasteiger partial charge in [0.1, 0.15) is 27.8 Å². The normalized spacial score (nSPS) is 15.0. The molecule has 3 aromatic heterocycles. The lowest BCUT2D eigenvalue weighted by Crippen LogP contribution is -2.31. The zero-order valence-electron chi connectivity index (χ0n) is 19.3. The van der Waals surface area contributed by atoms with Crippen molar-refractivity contribution in [1.82, 2.24) is 19.8 Å². The molecule has 0 saturated heterocycles. The number of rotatable bonds is 8. The van der Waals surface area contributed by atoms with E-state index in [-0.39, 0.29) is 11.5 Å². The van der Waals surface area contributed by atoms with Crippen molar-refractivity contribution in [3.8, 4) is 5.75 Å². The molecule has 0 spiro atoms. The molecule has 0 bridgehead atoms. The van der Waals surface area contributed by atoms with Crippen LogP contribution in [0.25, 0.3) is 0 Å². The Morgan fingerprint density at radius 1 is 1.33 bits per heavy atom. The lowest BCUT2D eigenvalue weighted by Gasteiger charge is -2.21. The molecule has 1 aliphatic heterocycles.